The second-order valence-electron chi connectivity index (χ2n) is 17.3. The minimum Gasteiger partial charge on any atom is -0.465 e. The van der Waals surface area contributed by atoms with Crippen molar-refractivity contribution in [1.29, 1.82) is 0 Å². The van der Waals surface area contributed by atoms with Crippen molar-refractivity contribution in [2.24, 2.45) is 23.2 Å². The molecule has 0 N–H and O–H groups in total. The second kappa shape index (κ2) is 36.9. The van der Waals surface area contributed by atoms with Crippen molar-refractivity contribution in [2.45, 2.75) is 215 Å². The van der Waals surface area contributed by atoms with Gasteiger partial charge in [-0.15, -0.1) is 0 Å². The Hall–Kier alpha value is -2.16. The van der Waals surface area contributed by atoms with Crippen LogP contribution in [0.1, 0.15) is 215 Å². The van der Waals surface area contributed by atoms with E-state index in [0.717, 1.165) is 167 Å². The summed E-state index contributed by atoms with van der Waals surface area (Å²) in [5, 5.41) is 0. The van der Waals surface area contributed by atoms with Gasteiger partial charge in [0.15, 0.2) is 0 Å². The third-order valence-electron chi connectivity index (χ3n) is 11.3. The summed E-state index contributed by atoms with van der Waals surface area (Å²) in [6.45, 7) is 13.1. The van der Waals surface area contributed by atoms with Crippen molar-refractivity contribution < 1.29 is 38.1 Å². The van der Waals surface area contributed by atoms with Crippen molar-refractivity contribution in [1.82, 2.24) is 4.90 Å². The first-order valence-corrected chi connectivity index (χ1v) is 23.8. The molecule has 0 atom stereocenters. The first-order valence-electron chi connectivity index (χ1n) is 23.8. The smallest absolute Gasteiger partial charge is 0.308 e. The summed E-state index contributed by atoms with van der Waals surface area (Å²) in [5.74, 6) is -1.95. The van der Waals surface area contributed by atoms with Gasteiger partial charge in [-0.3, -0.25) is 19.2 Å². The normalized spacial score (nSPS) is 11.9. The Bertz CT molecular complexity index is 873. The number of rotatable bonds is 40. The van der Waals surface area contributed by atoms with Gasteiger partial charge >= 0.3 is 23.9 Å². The minimum absolute atomic E-state index is 0.176. The molecule has 57 heavy (non-hydrogen) atoms. The van der Waals surface area contributed by atoms with E-state index < -0.39 is 5.41 Å². The quantitative estimate of drug-likeness (QED) is 0.0339. The van der Waals surface area contributed by atoms with E-state index >= 15 is 0 Å². The number of nitrogens with zero attached hydrogens (tertiary/aromatic N) is 1. The van der Waals surface area contributed by atoms with Gasteiger partial charge in [0.1, 0.15) is 31.8 Å². The zero-order chi connectivity index (χ0) is 42.6. The molecule has 0 spiro atoms. The molecule has 0 radical (unpaired) electrons. The fourth-order valence-electron chi connectivity index (χ4n) is 7.26. The standard InChI is InChI=1S/C48H91NO8/c1-9-15-21-29-41(30-22-16-10-2)45(51)55-38-48(37-54-44(50)35-27-28-36-49(7)8,39-56-46(52)42(31-23-17-11-3)32-24-18-12-4)40-57-47(53)43(33-25-19-13-5)34-26-20-14-6/h41-43H,9-40H2,1-8H3. The van der Waals surface area contributed by atoms with E-state index in [1.807, 2.05) is 14.1 Å². The summed E-state index contributed by atoms with van der Waals surface area (Å²) in [6, 6.07) is 0. The maximum absolute atomic E-state index is 13.9. The van der Waals surface area contributed by atoms with Crippen LogP contribution in [0, 0.1) is 23.2 Å². The fraction of sp³-hybridized carbons (Fsp3) is 0.917. The van der Waals surface area contributed by atoms with Crippen LogP contribution >= 0.6 is 0 Å². The van der Waals surface area contributed by atoms with Gasteiger partial charge < -0.3 is 23.8 Å². The molecule has 0 aliphatic carbocycles. The Labute approximate surface area is 351 Å². The maximum Gasteiger partial charge on any atom is 0.308 e. The molecular formula is C48H91NO8. The number of hydrogen-bond acceptors (Lipinski definition) is 9. The summed E-state index contributed by atoms with van der Waals surface area (Å²) in [5.41, 5.74) is -1.24. The summed E-state index contributed by atoms with van der Waals surface area (Å²) in [4.78, 5) is 56.9. The van der Waals surface area contributed by atoms with Crippen LogP contribution in [-0.2, 0) is 38.1 Å². The lowest BCUT2D eigenvalue weighted by Crippen LogP contribution is -2.45. The molecule has 0 aromatic heterocycles. The van der Waals surface area contributed by atoms with Crippen molar-refractivity contribution in [3.05, 3.63) is 0 Å². The average Bonchev–Trinajstić information content (AvgIpc) is 3.20. The fourth-order valence-corrected chi connectivity index (χ4v) is 7.26. The number of carbonyl (C=O) groups excluding carboxylic acids is 4. The molecule has 0 aromatic rings. The number of hydrogen-bond donors (Lipinski definition) is 0. The van der Waals surface area contributed by atoms with Crippen molar-refractivity contribution in [3.63, 3.8) is 0 Å². The molecule has 0 amide bonds. The number of esters is 4. The Kier molecular flexibility index (Phi) is 35.5. The zero-order valence-electron chi connectivity index (χ0n) is 38.6. The summed E-state index contributed by atoms with van der Waals surface area (Å²) >= 11 is 0. The highest BCUT2D eigenvalue weighted by atomic mass is 16.6. The van der Waals surface area contributed by atoms with Gasteiger partial charge in [0.25, 0.3) is 0 Å². The van der Waals surface area contributed by atoms with E-state index in [1.165, 1.54) is 0 Å². The van der Waals surface area contributed by atoms with Crippen LogP contribution in [0.2, 0.25) is 0 Å². The summed E-state index contributed by atoms with van der Waals surface area (Å²) < 4.78 is 24.5. The van der Waals surface area contributed by atoms with Crippen LogP contribution in [0.4, 0.5) is 0 Å². The van der Waals surface area contributed by atoms with Crippen molar-refractivity contribution in [3.8, 4) is 0 Å². The average molecular weight is 810 g/mol. The van der Waals surface area contributed by atoms with Gasteiger partial charge in [0, 0.05) is 6.42 Å². The number of ether oxygens (including phenoxy) is 4. The zero-order valence-corrected chi connectivity index (χ0v) is 38.6. The highest BCUT2D eigenvalue weighted by Crippen LogP contribution is 2.28. The first-order chi connectivity index (χ1) is 27.5. The van der Waals surface area contributed by atoms with E-state index in [9.17, 15) is 19.2 Å². The van der Waals surface area contributed by atoms with Crippen LogP contribution in [0.3, 0.4) is 0 Å². The third-order valence-corrected chi connectivity index (χ3v) is 11.3. The van der Waals surface area contributed by atoms with Crippen molar-refractivity contribution in [2.75, 3.05) is 47.1 Å². The van der Waals surface area contributed by atoms with E-state index in [-0.39, 0.29) is 74.5 Å². The summed E-state index contributed by atoms with van der Waals surface area (Å²) in [7, 11) is 4.01. The van der Waals surface area contributed by atoms with Crippen molar-refractivity contribution >= 4 is 23.9 Å². The predicted octanol–water partition coefficient (Wildman–Crippen LogP) is 12.2. The van der Waals surface area contributed by atoms with E-state index in [1.54, 1.807) is 0 Å². The predicted molar refractivity (Wildman–Crippen MR) is 234 cm³/mol. The van der Waals surface area contributed by atoms with Gasteiger partial charge in [0.2, 0.25) is 0 Å². The molecule has 0 heterocycles. The molecule has 0 aliphatic heterocycles. The SMILES string of the molecule is CCCCCC(CCCCC)C(=O)OCC(COC(=O)CCCCN(C)C)(COC(=O)C(CCCCC)CCCCC)COC(=O)C(CCCCC)CCCCC. The molecule has 0 bridgehead atoms. The Morgan fingerprint density at radius 3 is 0.947 bits per heavy atom. The first kappa shape index (κ1) is 54.8. The van der Waals surface area contributed by atoms with Gasteiger partial charge in [-0.1, -0.05) is 157 Å². The molecule has 336 valence electrons. The molecular weight excluding hydrogens is 719 g/mol. The molecule has 0 unspecified atom stereocenters. The molecule has 9 nitrogen and oxygen atoms in total. The molecule has 0 aromatic carbocycles. The molecule has 0 saturated heterocycles. The van der Waals surface area contributed by atoms with Crippen LogP contribution in [0.15, 0.2) is 0 Å². The van der Waals surface area contributed by atoms with E-state index in [2.05, 4.69) is 46.4 Å². The molecule has 0 aliphatic rings. The van der Waals surface area contributed by atoms with E-state index in [0.29, 0.717) is 6.42 Å². The molecule has 9 heteroatoms. The molecule has 0 fully saturated rings. The van der Waals surface area contributed by atoms with Crippen LogP contribution in [-0.4, -0.2) is 75.8 Å². The minimum atomic E-state index is -1.24. The Morgan fingerprint density at radius 1 is 0.404 bits per heavy atom. The van der Waals surface area contributed by atoms with Gasteiger partial charge in [0.05, 0.1) is 17.8 Å². The third kappa shape index (κ3) is 28.8. The van der Waals surface area contributed by atoms with Crippen LogP contribution in [0.5, 0.6) is 0 Å². The van der Waals surface area contributed by atoms with Crippen LogP contribution in [0.25, 0.3) is 0 Å². The topological polar surface area (TPSA) is 108 Å². The maximum atomic E-state index is 13.9. The molecule has 0 rings (SSSR count). The van der Waals surface area contributed by atoms with E-state index in [4.69, 9.17) is 18.9 Å². The lowest BCUT2D eigenvalue weighted by Gasteiger charge is -2.33. The van der Waals surface area contributed by atoms with Gasteiger partial charge in [-0.2, -0.15) is 0 Å². The molecule has 0 saturated carbocycles. The summed E-state index contributed by atoms with van der Waals surface area (Å²) in [6.07, 6.45) is 24.6. The highest BCUT2D eigenvalue weighted by Gasteiger charge is 2.40. The monoisotopic (exact) mass is 810 g/mol. The largest absolute Gasteiger partial charge is 0.465 e. The van der Waals surface area contributed by atoms with Gasteiger partial charge in [-0.05, 0) is 72.0 Å². The second-order valence-corrected chi connectivity index (χ2v) is 17.3. The Balaban J connectivity index is 6.65. The Morgan fingerprint density at radius 2 is 0.684 bits per heavy atom. The highest BCUT2D eigenvalue weighted by molar-refractivity contribution is 5.74. The van der Waals surface area contributed by atoms with Crippen LogP contribution < -0.4 is 0 Å². The number of carbonyl (C=O) groups is 4. The lowest BCUT2D eigenvalue weighted by molar-refractivity contribution is -0.175. The lowest BCUT2D eigenvalue weighted by atomic mass is 9.90. The van der Waals surface area contributed by atoms with Gasteiger partial charge in [-0.25, -0.2) is 0 Å². The number of unbranched alkanes of at least 4 members (excludes halogenated alkanes) is 13.